The second-order valence-electron chi connectivity index (χ2n) is 5.84. The number of aryl methyl sites for hydroxylation is 1. The van der Waals surface area contributed by atoms with E-state index in [4.69, 9.17) is 10.2 Å². The van der Waals surface area contributed by atoms with Crippen LogP contribution in [0, 0.1) is 18.0 Å². The summed E-state index contributed by atoms with van der Waals surface area (Å²) in [5.74, 6) is 1.26. The third kappa shape index (κ3) is 2.26. The number of hydrogen-bond donors (Lipinski definition) is 1. The smallest absolute Gasteiger partial charge is 0.177 e. The van der Waals surface area contributed by atoms with Crippen LogP contribution in [0.25, 0.3) is 22.6 Å². The molecule has 1 radical (unpaired) electrons. The Morgan fingerprint density at radius 2 is 2.23 bits per heavy atom. The number of aromatic nitrogens is 2. The van der Waals surface area contributed by atoms with Crippen LogP contribution in [0.15, 0.2) is 22.6 Å². The molecule has 0 saturated heterocycles. The van der Waals surface area contributed by atoms with E-state index >= 15 is 0 Å². The minimum atomic E-state index is -0.420. The van der Waals surface area contributed by atoms with E-state index in [1.54, 1.807) is 12.1 Å². The van der Waals surface area contributed by atoms with Gasteiger partial charge in [-0.25, -0.2) is 9.37 Å². The van der Waals surface area contributed by atoms with Gasteiger partial charge in [-0.1, -0.05) is 20.8 Å². The number of nitrogens with two attached hydrogens (primary N) is 1. The molecule has 3 rings (SSSR count). The third-order valence-corrected chi connectivity index (χ3v) is 3.71. The number of rotatable bonds is 4. The van der Waals surface area contributed by atoms with E-state index in [9.17, 15) is 4.39 Å². The van der Waals surface area contributed by atoms with Crippen LogP contribution >= 0.6 is 0 Å². The number of nitrogen functional groups attached to an aromatic ring is 1. The Morgan fingerprint density at radius 1 is 1.45 bits per heavy atom. The predicted octanol–water partition coefficient (Wildman–Crippen LogP) is 4.04. The minimum Gasteiger partial charge on any atom is -0.450 e. The second-order valence-corrected chi connectivity index (χ2v) is 5.84. The Labute approximate surface area is 128 Å². The molecule has 2 heterocycles. The van der Waals surface area contributed by atoms with Gasteiger partial charge in [0.05, 0.1) is 11.2 Å². The molecule has 0 unspecified atom stereocenters. The van der Waals surface area contributed by atoms with Gasteiger partial charge in [0.25, 0.3) is 0 Å². The summed E-state index contributed by atoms with van der Waals surface area (Å²) in [7, 11) is 0. The molecule has 0 amide bonds. The van der Waals surface area contributed by atoms with Gasteiger partial charge in [-0.2, -0.15) is 0 Å². The van der Waals surface area contributed by atoms with Crippen LogP contribution in [0.5, 0.6) is 0 Å². The Morgan fingerprint density at radius 3 is 2.82 bits per heavy atom. The summed E-state index contributed by atoms with van der Waals surface area (Å²) < 4.78 is 21.5. The van der Waals surface area contributed by atoms with Crippen molar-refractivity contribution in [2.75, 3.05) is 5.73 Å². The average Bonchev–Trinajstić information content (AvgIpc) is 3.10. The Balaban J connectivity index is 2.38. The fraction of sp³-hybridized carbons (Fsp3) is 0.353. The van der Waals surface area contributed by atoms with Gasteiger partial charge in [-0.3, -0.25) is 0 Å². The highest BCUT2D eigenvalue weighted by molar-refractivity contribution is 5.92. The SMILES string of the molecule is CCc1cc(F)c(N)c2nc(-c3cc[c]o3)n(CC(C)C)c12. The number of fused-ring (bicyclic) bond motifs is 1. The monoisotopic (exact) mass is 300 g/mol. The number of imidazole rings is 1. The molecule has 0 fully saturated rings. The van der Waals surface area contributed by atoms with Crippen molar-refractivity contribution in [2.45, 2.75) is 33.7 Å². The summed E-state index contributed by atoms with van der Waals surface area (Å²) in [6.07, 6.45) is 3.38. The van der Waals surface area contributed by atoms with E-state index in [0.29, 0.717) is 29.4 Å². The van der Waals surface area contributed by atoms with Gasteiger partial charge < -0.3 is 14.7 Å². The molecule has 0 bridgehead atoms. The van der Waals surface area contributed by atoms with Crippen LogP contribution in [-0.2, 0) is 13.0 Å². The average molecular weight is 300 g/mol. The van der Waals surface area contributed by atoms with Gasteiger partial charge in [-0.05, 0) is 36.1 Å². The first-order valence-electron chi connectivity index (χ1n) is 7.46. The predicted molar refractivity (Wildman–Crippen MR) is 84.9 cm³/mol. The van der Waals surface area contributed by atoms with Gasteiger partial charge in [0, 0.05) is 6.54 Å². The highest BCUT2D eigenvalue weighted by Crippen LogP contribution is 2.33. The number of nitrogens with zero attached hydrogens (tertiary/aromatic N) is 2. The number of halogens is 1. The van der Waals surface area contributed by atoms with Gasteiger partial charge in [0.15, 0.2) is 17.8 Å². The first-order chi connectivity index (χ1) is 10.5. The largest absolute Gasteiger partial charge is 0.450 e. The Bertz CT molecular complexity index is 803. The van der Waals surface area contributed by atoms with Crippen LogP contribution in [0.1, 0.15) is 26.3 Å². The van der Waals surface area contributed by atoms with Gasteiger partial charge in [-0.15, -0.1) is 0 Å². The van der Waals surface area contributed by atoms with E-state index in [-0.39, 0.29) is 5.69 Å². The maximum atomic E-state index is 14.0. The zero-order valence-electron chi connectivity index (χ0n) is 13.0. The molecule has 0 aliphatic heterocycles. The lowest BCUT2D eigenvalue weighted by Gasteiger charge is -2.13. The molecule has 0 aliphatic rings. The normalized spacial score (nSPS) is 11.7. The number of benzene rings is 1. The van der Waals surface area contributed by atoms with Crippen LogP contribution in [-0.4, -0.2) is 9.55 Å². The quantitative estimate of drug-likeness (QED) is 0.740. The Hall–Kier alpha value is -2.30. The van der Waals surface area contributed by atoms with E-state index in [1.807, 2.05) is 6.92 Å². The lowest BCUT2D eigenvalue weighted by molar-refractivity contribution is 0.519. The maximum Gasteiger partial charge on any atom is 0.177 e. The number of furan rings is 1. The number of anilines is 1. The summed E-state index contributed by atoms with van der Waals surface area (Å²) in [5.41, 5.74) is 8.30. The van der Waals surface area contributed by atoms with Crippen LogP contribution in [0.3, 0.4) is 0 Å². The van der Waals surface area contributed by atoms with E-state index in [2.05, 4.69) is 29.7 Å². The van der Waals surface area contributed by atoms with Crippen molar-refractivity contribution >= 4 is 16.7 Å². The maximum absolute atomic E-state index is 14.0. The highest BCUT2D eigenvalue weighted by Gasteiger charge is 2.21. The first-order valence-corrected chi connectivity index (χ1v) is 7.46. The molecule has 0 atom stereocenters. The van der Waals surface area contributed by atoms with Crippen molar-refractivity contribution < 1.29 is 8.81 Å². The van der Waals surface area contributed by atoms with Crippen molar-refractivity contribution in [3.05, 3.63) is 35.8 Å². The fourth-order valence-electron chi connectivity index (χ4n) is 2.74. The van der Waals surface area contributed by atoms with Crippen molar-refractivity contribution in [1.82, 2.24) is 9.55 Å². The van der Waals surface area contributed by atoms with E-state index < -0.39 is 5.82 Å². The summed E-state index contributed by atoms with van der Waals surface area (Å²) >= 11 is 0. The van der Waals surface area contributed by atoms with Gasteiger partial charge in [0.2, 0.25) is 0 Å². The molecular weight excluding hydrogens is 281 g/mol. The van der Waals surface area contributed by atoms with Crippen molar-refractivity contribution in [3.8, 4) is 11.6 Å². The molecule has 22 heavy (non-hydrogen) atoms. The van der Waals surface area contributed by atoms with Crippen molar-refractivity contribution in [3.63, 3.8) is 0 Å². The molecule has 2 aromatic heterocycles. The summed E-state index contributed by atoms with van der Waals surface area (Å²) in [6.45, 7) is 7.01. The number of hydrogen-bond acceptors (Lipinski definition) is 3. The van der Waals surface area contributed by atoms with Crippen LogP contribution in [0.4, 0.5) is 10.1 Å². The highest BCUT2D eigenvalue weighted by atomic mass is 19.1. The molecule has 3 aromatic rings. The molecule has 0 aliphatic carbocycles. The van der Waals surface area contributed by atoms with Crippen LogP contribution < -0.4 is 5.73 Å². The molecule has 2 N–H and O–H groups in total. The zero-order chi connectivity index (χ0) is 15.9. The minimum absolute atomic E-state index is 0.0893. The van der Waals surface area contributed by atoms with Crippen molar-refractivity contribution in [1.29, 1.82) is 0 Å². The van der Waals surface area contributed by atoms with Gasteiger partial charge in [0.1, 0.15) is 11.3 Å². The first kappa shape index (κ1) is 14.6. The molecule has 0 spiro atoms. The molecule has 5 heteroatoms. The lowest BCUT2D eigenvalue weighted by Crippen LogP contribution is -2.07. The third-order valence-electron chi connectivity index (χ3n) is 3.71. The lowest BCUT2D eigenvalue weighted by atomic mass is 10.1. The standard InChI is InChI=1S/C17H19FN3O/c1-4-11-8-12(18)14(19)15-16(11)21(9-10(2)3)17(20-15)13-6-5-7-22-13/h5-6,8,10H,4,9,19H2,1-3H3. The van der Waals surface area contributed by atoms with Crippen LogP contribution in [0.2, 0.25) is 0 Å². The summed E-state index contributed by atoms with van der Waals surface area (Å²) in [6, 6.07) is 5.00. The second kappa shape index (κ2) is 5.48. The summed E-state index contributed by atoms with van der Waals surface area (Å²) in [4.78, 5) is 4.56. The fourth-order valence-corrected chi connectivity index (χ4v) is 2.74. The topological polar surface area (TPSA) is 57.0 Å². The molecule has 0 saturated carbocycles. The van der Waals surface area contributed by atoms with Crippen molar-refractivity contribution in [2.24, 2.45) is 5.92 Å². The molecule has 4 nitrogen and oxygen atoms in total. The molecular formula is C17H19FN3O. The van der Waals surface area contributed by atoms with E-state index in [1.165, 1.54) is 6.07 Å². The zero-order valence-corrected chi connectivity index (χ0v) is 13.0. The Kier molecular flexibility index (Phi) is 3.64. The molecule has 115 valence electrons. The molecule has 1 aromatic carbocycles. The van der Waals surface area contributed by atoms with E-state index in [0.717, 1.165) is 17.6 Å². The summed E-state index contributed by atoms with van der Waals surface area (Å²) in [5, 5.41) is 0. The van der Waals surface area contributed by atoms with Gasteiger partial charge >= 0.3 is 0 Å².